The first kappa shape index (κ1) is 32.3. The quantitative estimate of drug-likeness (QED) is 0.292. The van der Waals surface area contributed by atoms with Gasteiger partial charge in [0, 0.05) is 46.7 Å². The second kappa shape index (κ2) is 13.9. The number of amides is 3. The highest BCUT2D eigenvalue weighted by Crippen LogP contribution is 2.47. The first-order chi connectivity index (χ1) is 21.1. The van der Waals surface area contributed by atoms with Gasteiger partial charge in [0.15, 0.2) is 0 Å². The van der Waals surface area contributed by atoms with E-state index in [1.165, 1.54) is 11.1 Å². The topological polar surface area (TPSA) is 128 Å². The van der Waals surface area contributed by atoms with Gasteiger partial charge in [0.2, 0.25) is 11.8 Å². The molecular formula is C32H48N6O5Si. The van der Waals surface area contributed by atoms with Gasteiger partial charge in [-0.2, -0.15) is 5.10 Å². The lowest BCUT2D eigenvalue weighted by atomic mass is 9.75. The van der Waals surface area contributed by atoms with Gasteiger partial charge >= 0.3 is 0 Å². The molecule has 1 atom stereocenters. The monoisotopic (exact) mass is 624 g/mol. The normalized spacial score (nSPS) is 19.7. The summed E-state index contributed by atoms with van der Waals surface area (Å²) < 4.78 is 13.2. The van der Waals surface area contributed by atoms with E-state index in [-0.39, 0.29) is 30.4 Å². The number of nitrogens with zero attached hydrogens (tertiary/aromatic N) is 4. The molecule has 3 amide bonds. The second-order valence-electron chi connectivity index (χ2n) is 13.7. The molecule has 1 unspecified atom stereocenters. The van der Waals surface area contributed by atoms with Crippen molar-refractivity contribution in [1.29, 1.82) is 0 Å². The van der Waals surface area contributed by atoms with Crippen molar-refractivity contribution < 1.29 is 23.9 Å². The Kier molecular flexibility index (Phi) is 10.2. The van der Waals surface area contributed by atoms with Crippen molar-refractivity contribution in [2.75, 3.05) is 36.8 Å². The van der Waals surface area contributed by atoms with Gasteiger partial charge in [-0.05, 0) is 49.8 Å². The molecule has 2 fully saturated rings. The first-order valence-electron chi connectivity index (χ1n) is 16.2. The van der Waals surface area contributed by atoms with Gasteiger partial charge in [0.1, 0.15) is 30.1 Å². The van der Waals surface area contributed by atoms with Gasteiger partial charge in [-0.15, -0.1) is 0 Å². The molecule has 44 heavy (non-hydrogen) atoms. The van der Waals surface area contributed by atoms with Crippen molar-refractivity contribution in [3.63, 3.8) is 0 Å². The minimum atomic E-state index is -1.30. The molecule has 12 heteroatoms. The average molecular weight is 625 g/mol. The number of hydrogen-bond donors (Lipinski definition) is 2. The molecule has 11 nitrogen and oxygen atoms in total. The molecule has 4 heterocycles. The Balaban J connectivity index is 1.38. The largest absolute Gasteiger partial charge is 0.381 e. The van der Waals surface area contributed by atoms with Crippen LogP contribution in [0.5, 0.6) is 0 Å². The summed E-state index contributed by atoms with van der Waals surface area (Å²) in [5.74, 6) is 0.234. The first-order valence-corrected chi connectivity index (χ1v) is 19.9. The maximum atomic E-state index is 13.9. The van der Waals surface area contributed by atoms with Crippen LogP contribution in [0.1, 0.15) is 73.8 Å². The van der Waals surface area contributed by atoms with E-state index in [1.54, 1.807) is 30.3 Å². The van der Waals surface area contributed by atoms with Crippen molar-refractivity contribution in [3.05, 3.63) is 35.7 Å². The summed E-state index contributed by atoms with van der Waals surface area (Å²) in [4.78, 5) is 47.6. The van der Waals surface area contributed by atoms with Crippen LogP contribution in [0.4, 0.5) is 11.6 Å². The van der Waals surface area contributed by atoms with E-state index >= 15 is 0 Å². The highest BCUT2D eigenvalue weighted by molar-refractivity contribution is 6.76. The lowest BCUT2D eigenvalue weighted by Gasteiger charge is -2.32. The van der Waals surface area contributed by atoms with Crippen LogP contribution in [0.3, 0.4) is 0 Å². The van der Waals surface area contributed by atoms with E-state index in [0.29, 0.717) is 50.0 Å². The zero-order valence-electron chi connectivity index (χ0n) is 26.7. The van der Waals surface area contributed by atoms with Gasteiger partial charge in [0.05, 0.1) is 5.41 Å². The van der Waals surface area contributed by atoms with Gasteiger partial charge in [-0.3, -0.25) is 24.0 Å². The lowest BCUT2D eigenvalue weighted by Crippen LogP contribution is -2.49. The lowest BCUT2D eigenvalue weighted by molar-refractivity contribution is -0.127. The molecular weight excluding hydrogens is 576 g/mol. The number of carbonyl (C=O) groups is 3. The van der Waals surface area contributed by atoms with Gasteiger partial charge in [-0.1, -0.05) is 57.8 Å². The third-order valence-corrected chi connectivity index (χ3v) is 11.1. The van der Waals surface area contributed by atoms with Crippen molar-refractivity contribution in [2.45, 2.75) is 94.9 Å². The zero-order chi connectivity index (χ0) is 31.3. The molecule has 1 saturated heterocycles. The number of aromatic nitrogens is 3. The van der Waals surface area contributed by atoms with Crippen LogP contribution < -0.4 is 15.5 Å². The van der Waals surface area contributed by atoms with Crippen LogP contribution in [0.25, 0.3) is 0 Å². The van der Waals surface area contributed by atoms with Crippen LogP contribution in [-0.4, -0.2) is 73.2 Å². The van der Waals surface area contributed by atoms with Crippen LogP contribution in [0, 0.1) is 5.92 Å². The fourth-order valence-corrected chi connectivity index (χ4v) is 7.42. The Bertz CT molecular complexity index is 1330. The van der Waals surface area contributed by atoms with Gasteiger partial charge in [-0.25, -0.2) is 4.98 Å². The molecule has 2 aliphatic heterocycles. The maximum absolute atomic E-state index is 13.9. The Morgan fingerprint density at radius 1 is 1.09 bits per heavy atom. The van der Waals surface area contributed by atoms with E-state index in [2.05, 4.69) is 35.4 Å². The summed E-state index contributed by atoms with van der Waals surface area (Å²) in [7, 11) is 0.414. The summed E-state index contributed by atoms with van der Waals surface area (Å²) in [6.45, 7) is 8.60. The standard InChI is InChI=1S/C32H48N6O5Si/c1-37-25(14-17-33-37)29(39)36-27(23-10-8-6-5-7-9-11-23)30(40)35-26-13-12-24-28(34-26)38(22-43-20-21-44(2,3)4)31(41)32(24)15-18-42-19-16-32/h12-14,17,23,27H,5-11,15-16,18-22H2,1-4H3,(H,36,39)(H,34,35,40). The SMILES string of the molecule is Cn1nccc1C(=O)NC(C(=O)Nc1ccc2c(n1)N(COCC[Si](C)(C)C)C(=O)C21CCOCC1)C1CCCCCCC1. The fourth-order valence-electron chi connectivity index (χ4n) is 6.66. The molecule has 0 aromatic carbocycles. The highest BCUT2D eigenvalue weighted by Gasteiger charge is 2.52. The second-order valence-corrected chi connectivity index (χ2v) is 19.4. The maximum Gasteiger partial charge on any atom is 0.270 e. The van der Waals surface area contributed by atoms with Gasteiger partial charge < -0.3 is 20.1 Å². The number of rotatable bonds is 10. The molecule has 2 aromatic rings. The average Bonchev–Trinajstić information content (AvgIpc) is 3.49. The molecule has 1 spiro atoms. The summed E-state index contributed by atoms with van der Waals surface area (Å²) in [5.41, 5.74) is 0.567. The molecule has 240 valence electrons. The predicted octanol–water partition coefficient (Wildman–Crippen LogP) is 4.62. The van der Waals surface area contributed by atoms with E-state index in [0.717, 1.165) is 50.1 Å². The Hall–Kier alpha value is -3.09. The van der Waals surface area contributed by atoms with Crippen LogP contribution in [0.15, 0.2) is 24.4 Å². The Morgan fingerprint density at radius 3 is 2.45 bits per heavy atom. The van der Waals surface area contributed by atoms with E-state index in [9.17, 15) is 14.4 Å². The molecule has 0 radical (unpaired) electrons. The van der Waals surface area contributed by atoms with Crippen molar-refractivity contribution >= 4 is 37.4 Å². The van der Waals surface area contributed by atoms with E-state index in [1.807, 2.05) is 6.07 Å². The van der Waals surface area contributed by atoms with Crippen LogP contribution in [0.2, 0.25) is 25.7 Å². The number of nitrogens with one attached hydrogen (secondary N) is 2. The molecule has 5 rings (SSSR count). The predicted molar refractivity (Wildman–Crippen MR) is 171 cm³/mol. The number of fused-ring (bicyclic) bond motifs is 2. The van der Waals surface area contributed by atoms with Crippen molar-refractivity contribution in [2.24, 2.45) is 13.0 Å². The minimum Gasteiger partial charge on any atom is -0.381 e. The Morgan fingerprint density at radius 2 is 1.80 bits per heavy atom. The van der Waals surface area contributed by atoms with Crippen LogP contribution in [-0.2, 0) is 31.5 Å². The zero-order valence-corrected chi connectivity index (χ0v) is 27.7. The number of ether oxygens (including phenoxy) is 2. The van der Waals surface area contributed by atoms with Crippen LogP contribution >= 0.6 is 0 Å². The molecule has 2 aromatic heterocycles. The highest BCUT2D eigenvalue weighted by atomic mass is 28.3. The third-order valence-electron chi connectivity index (χ3n) is 9.36. The molecule has 0 bridgehead atoms. The number of pyridine rings is 1. The molecule has 1 saturated carbocycles. The molecule has 2 N–H and O–H groups in total. The minimum absolute atomic E-state index is 0.00487. The summed E-state index contributed by atoms with van der Waals surface area (Å²) >= 11 is 0. The van der Waals surface area contributed by atoms with E-state index < -0.39 is 19.5 Å². The smallest absolute Gasteiger partial charge is 0.270 e. The third kappa shape index (κ3) is 7.23. The van der Waals surface area contributed by atoms with Crippen molar-refractivity contribution in [3.8, 4) is 0 Å². The number of aryl methyl sites for hydroxylation is 1. The summed E-state index contributed by atoms with van der Waals surface area (Å²) in [6, 6.07) is 5.61. The van der Waals surface area contributed by atoms with Crippen molar-refractivity contribution in [1.82, 2.24) is 20.1 Å². The number of hydrogen-bond acceptors (Lipinski definition) is 7. The van der Waals surface area contributed by atoms with Gasteiger partial charge in [0.25, 0.3) is 5.91 Å². The fraction of sp³-hybridized carbons (Fsp3) is 0.656. The summed E-state index contributed by atoms with van der Waals surface area (Å²) in [5, 5.41) is 10.1. The summed E-state index contributed by atoms with van der Waals surface area (Å²) in [6.07, 6.45) is 9.97. The van der Waals surface area contributed by atoms with E-state index in [4.69, 9.17) is 14.5 Å². The Labute approximate surface area is 261 Å². The molecule has 1 aliphatic carbocycles. The number of carbonyl (C=O) groups excluding carboxylic acids is 3. The number of anilines is 2. The molecule has 3 aliphatic rings.